The van der Waals surface area contributed by atoms with Crippen molar-refractivity contribution in [2.24, 2.45) is 0 Å². The van der Waals surface area contributed by atoms with Crippen molar-refractivity contribution in [3.63, 3.8) is 0 Å². The Kier molecular flexibility index (Phi) is 8.99. The van der Waals surface area contributed by atoms with Crippen LogP contribution in [-0.2, 0) is 40.3 Å². The van der Waals surface area contributed by atoms with E-state index in [9.17, 15) is 22.8 Å². The molecule has 0 unspecified atom stereocenters. The van der Waals surface area contributed by atoms with Gasteiger partial charge in [0.05, 0.1) is 20.5 Å². The zero-order valence-corrected chi connectivity index (χ0v) is 19.4. The Balaban J connectivity index is 2.23. The van der Waals surface area contributed by atoms with Crippen LogP contribution in [0.15, 0.2) is 24.3 Å². The van der Waals surface area contributed by atoms with Gasteiger partial charge in [0, 0.05) is 33.2 Å². The summed E-state index contributed by atoms with van der Waals surface area (Å²) in [5, 5.41) is 2.61. The zero-order valence-electron chi connectivity index (χ0n) is 18.6. The Morgan fingerprint density at radius 3 is 2.31 bits per heavy atom. The average molecular weight is 472 g/mol. The third-order valence-corrected chi connectivity index (χ3v) is 6.37. The maximum Gasteiger partial charge on any atom is 0.328 e. The first-order valence-corrected chi connectivity index (χ1v) is 11.7. The van der Waals surface area contributed by atoms with Crippen molar-refractivity contribution in [2.75, 3.05) is 53.8 Å². The molecule has 0 radical (unpaired) electrons. The topological polar surface area (TPSA) is 132 Å². The summed E-state index contributed by atoms with van der Waals surface area (Å²) >= 11 is 0. The van der Waals surface area contributed by atoms with E-state index in [0.29, 0.717) is 5.75 Å². The van der Waals surface area contributed by atoms with E-state index in [4.69, 9.17) is 14.2 Å². The molecule has 1 saturated heterocycles. The molecule has 0 saturated carbocycles. The number of hydrogen-bond acceptors (Lipinski definition) is 8. The first-order valence-electron chi connectivity index (χ1n) is 9.85. The third kappa shape index (κ3) is 6.65. The summed E-state index contributed by atoms with van der Waals surface area (Å²) in [5.74, 6) is -1.14. The fourth-order valence-electron chi connectivity index (χ4n) is 3.39. The minimum absolute atomic E-state index is 0.0225. The molecule has 2 amide bonds. The molecule has 1 heterocycles. The molecule has 2 rings (SSSR count). The first kappa shape index (κ1) is 25.6. The second-order valence-electron chi connectivity index (χ2n) is 7.29. The van der Waals surface area contributed by atoms with Gasteiger partial charge in [0.25, 0.3) is 0 Å². The minimum Gasteiger partial charge on any atom is -0.497 e. The van der Waals surface area contributed by atoms with Crippen LogP contribution in [0.3, 0.4) is 0 Å². The van der Waals surface area contributed by atoms with Gasteiger partial charge in [-0.1, -0.05) is 12.1 Å². The van der Waals surface area contributed by atoms with Gasteiger partial charge < -0.3 is 24.4 Å². The number of rotatable bonds is 9. The highest BCUT2D eigenvalue weighted by Gasteiger charge is 2.39. The lowest BCUT2D eigenvalue weighted by Gasteiger charge is -2.39. The molecule has 1 aromatic rings. The number of carbonyl (C=O) groups excluding carboxylic acids is 3. The molecule has 12 heteroatoms. The Morgan fingerprint density at radius 2 is 1.78 bits per heavy atom. The summed E-state index contributed by atoms with van der Waals surface area (Å²) in [5.41, 5.74) is 0.746. The van der Waals surface area contributed by atoms with Gasteiger partial charge in [-0.3, -0.25) is 9.59 Å². The standard InChI is InChI=1S/C20H29N3O8S/c1-29-13-18(24)23-10-9-22(32(4,27)28)12-17(23)19(25)21-16(20(26)31-3)11-14-5-7-15(30-2)8-6-14/h5-8,16-17H,9-13H2,1-4H3,(H,21,25)/t16-,17-/m0/s1. The maximum atomic E-state index is 13.1. The summed E-state index contributed by atoms with van der Waals surface area (Å²) in [7, 11) is 0.510. The van der Waals surface area contributed by atoms with E-state index in [1.807, 2.05) is 0 Å². The minimum atomic E-state index is -3.58. The van der Waals surface area contributed by atoms with E-state index >= 15 is 0 Å². The van der Waals surface area contributed by atoms with Crippen molar-refractivity contribution in [1.82, 2.24) is 14.5 Å². The van der Waals surface area contributed by atoms with Crippen LogP contribution >= 0.6 is 0 Å². The Morgan fingerprint density at radius 1 is 1.12 bits per heavy atom. The molecular formula is C20H29N3O8S. The highest BCUT2D eigenvalue weighted by molar-refractivity contribution is 7.88. The van der Waals surface area contributed by atoms with Crippen molar-refractivity contribution in [3.8, 4) is 5.75 Å². The molecule has 2 atom stereocenters. The van der Waals surface area contributed by atoms with Crippen LogP contribution in [0.1, 0.15) is 5.56 Å². The molecule has 178 valence electrons. The largest absolute Gasteiger partial charge is 0.497 e. The van der Waals surface area contributed by atoms with Crippen LogP contribution in [0.2, 0.25) is 0 Å². The fourth-order valence-corrected chi connectivity index (χ4v) is 4.21. The van der Waals surface area contributed by atoms with Crippen LogP contribution in [0.25, 0.3) is 0 Å². The Labute approximate surface area is 187 Å². The van der Waals surface area contributed by atoms with E-state index < -0.39 is 39.9 Å². The second-order valence-corrected chi connectivity index (χ2v) is 9.28. The van der Waals surface area contributed by atoms with Gasteiger partial charge in [0.2, 0.25) is 21.8 Å². The number of benzene rings is 1. The van der Waals surface area contributed by atoms with E-state index in [2.05, 4.69) is 5.32 Å². The summed E-state index contributed by atoms with van der Waals surface area (Å²) in [4.78, 5) is 39.2. The number of carbonyl (C=O) groups is 3. The lowest BCUT2D eigenvalue weighted by molar-refractivity contribution is -0.149. The third-order valence-electron chi connectivity index (χ3n) is 5.10. The summed E-state index contributed by atoms with van der Waals surface area (Å²) < 4.78 is 40.0. The van der Waals surface area contributed by atoms with Crippen LogP contribution in [-0.4, -0.2) is 101 Å². The molecule has 1 aromatic carbocycles. The number of amides is 2. The quantitative estimate of drug-likeness (QED) is 0.455. The zero-order chi connectivity index (χ0) is 23.9. The number of nitrogens with one attached hydrogen (secondary N) is 1. The maximum absolute atomic E-state index is 13.1. The molecule has 1 aliphatic rings. The lowest BCUT2D eigenvalue weighted by atomic mass is 10.0. The van der Waals surface area contributed by atoms with Crippen LogP contribution < -0.4 is 10.1 Å². The van der Waals surface area contributed by atoms with E-state index in [1.54, 1.807) is 24.3 Å². The summed E-state index contributed by atoms with van der Waals surface area (Å²) in [6.07, 6.45) is 1.17. The number of methoxy groups -OCH3 is 3. The van der Waals surface area contributed by atoms with Crippen molar-refractivity contribution in [2.45, 2.75) is 18.5 Å². The molecule has 0 aliphatic carbocycles. The van der Waals surface area contributed by atoms with Crippen LogP contribution in [0, 0.1) is 0 Å². The normalized spacial score (nSPS) is 18.0. The highest BCUT2D eigenvalue weighted by Crippen LogP contribution is 2.16. The van der Waals surface area contributed by atoms with Crippen molar-refractivity contribution in [3.05, 3.63) is 29.8 Å². The van der Waals surface area contributed by atoms with E-state index in [-0.39, 0.29) is 32.7 Å². The number of esters is 1. The lowest BCUT2D eigenvalue weighted by Crippen LogP contribution is -2.63. The Bertz CT molecular complexity index is 919. The van der Waals surface area contributed by atoms with Gasteiger partial charge in [-0.25, -0.2) is 13.2 Å². The number of hydrogen-bond donors (Lipinski definition) is 1. The molecule has 11 nitrogen and oxygen atoms in total. The molecule has 0 bridgehead atoms. The van der Waals surface area contributed by atoms with Crippen LogP contribution in [0.5, 0.6) is 5.75 Å². The number of ether oxygens (including phenoxy) is 3. The van der Waals surface area contributed by atoms with Gasteiger partial charge in [0.1, 0.15) is 24.4 Å². The predicted octanol–water partition coefficient (Wildman–Crippen LogP) is -0.986. The molecule has 1 fully saturated rings. The molecular weight excluding hydrogens is 442 g/mol. The summed E-state index contributed by atoms with van der Waals surface area (Å²) in [6.45, 7) is -0.398. The molecule has 0 aromatic heterocycles. The smallest absolute Gasteiger partial charge is 0.328 e. The summed E-state index contributed by atoms with van der Waals surface area (Å²) in [6, 6.07) is 4.80. The van der Waals surface area contributed by atoms with Gasteiger partial charge in [-0.15, -0.1) is 0 Å². The predicted molar refractivity (Wildman–Crippen MR) is 114 cm³/mol. The Hall–Kier alpha value is -2.70. The van der Waals surface area contributed by atoms with Crippen LogP contribution in [0.4, 0.5) is 0 Å². The number of sulfonamides is 1. The SMILES string of the molecule is COCC(=O)N1CCN(S(C)(=O)=O)C[C@H]1C(=O)N[C@@H](Cc1ccc(OC)cc1)C(=O)OC. The molecule has 1 N–H and O–H groups in total. The van der Waals surface area contributed by atoms with Crippen molar-refractivity contribution < 1.29 is 37.0 Å². The van der Waals surface area contributed by atoms with Gasteiger partial charge in [-0.05, 0) is 17.7 Å². The van der Waals surface area contributed by atoms with Gasteiger partial charge >= 0.3 is 5.97 Å². The van der Waals surface area contributed by atoms with E-state index in [1.165, 1.54) is 26.2 Å². The molecule has 32 heavy (non-hydrogen) atoms. The van der Waals surface area contributed by atoms with Crippen molar-refractivity contribution >= 4 is 27.8 Å². The fraction of sp³-hybridized carbons (Fsp3) is 0.550. The van der Waals surface area contributed by atoms with Gasteiger partial charge in [0.15, 0.2) is 0 Å². The second kappa shape index (κ2) is 11.2. The monoisotopic (exact) mass is 471 g/mol. The average Bonchev–Trinajstić information content (AvgIpc) is 2.77. The molecule has 1 aliphatic heterocycles. The van der Waals surface area contributed by atoms with E-state index in [0.717, 1.165) is 16.1 Å². The first-order chi connectivity index (χ1) is 15.1. The number of piperazine rings is 1. The van der Waals surface area contributed by atoms with Crippen molar-refractivity contribution in [1.29, 1.82) is 0 Å². The highest BCUT2D eigenvalue weighted by atomic mass is 32.2. The molecule has 0 spiro atoms. The van der Waals surface area contributed by atoms with Gasteiger partial charge in [-0.2, -0.15) is 4.31 Å². The number of nitrogens with zero attached hydrogens (tertiary/aromatic N) is 2.